The summed E-state index contributed by atoms with van der Waals surface area (Å²) in [6.07, 6.45) is 5.26. The smallest absolute Gasteiger partial charge is 0.490 e. The van der Waals surface area contributed by atoms with E-state index in [0.717, 1.165) is 16.8 Å². The van der Waals surface area contributed by atoms with E-state index in [-0.39, 0.29) is 18.1 Å². The molecule has 1 amide bonds. The van der Waals surface area contributed by atoms with Gasteiger partial charge in [-0.25, -0.2) is 9.78 Å². The number of alkyl carbamates (subject to hydrolysis) is 1. The number of hydrogen-bond acceptors (Lipinski definition) is 6. The lowest BCUT2D eigenvalue weighted by Gasteiger charge is -2.33. The van der Waals surface area contributed by atoms with Crippen LogP contribution in [-0.2, 0) is 20.5 Å². The first-order valence-corrected chi connectivity index (χ1v) is 12.0. The second kappa shape index (κ2) is 11.1. The third-order valence-electron chi connectivity index (χ3n) is 5.40. The predicted octanol–water partition coefficient (Wildman–Crippen LogP) is 4.30. The molecule has 1 aliphatic heterocycles. The molecule has 10 heteroatoms. The van der Waals surface area contributed by atoms with Gasteiger partial charge in [0, 0.05) is 36.0 Å². The van der Waals surface area contributed by atoms with Crippen LogP contribution in [-0.4, -0.2) is 54.6 Å². The Labute approximate surface area is 212 Å². The van der Waals surface area contributed by atoms with Crippen LogP contribution in [0.1, 0.15) is 51.4 Å². The lowest BCUT2D eigenvalue weighted by atomic mass is 9.76. The van der Waals surface area contributed by atoms with E-state index >= 15 is 0 Å². The van der Waals surface area contributed by atoms with Gasteiger partial charge in [0.25, 0.3) is 0 Å². The van der Waals surface area contributed by atoms with Gasteiger partial charge in [-0.3, -0.25) is 0 Å². The molecule has 0 aliphatic carbocycles. The van der Waals surface area contributed by atoms with Crippen LogP contribution in [0.25, 0.3) is 6.08 Å². The molecular formula is C25H35BClN3O5. The molecule has 1 unspecified atom stereocenters. The Balaban J connectivity index is 1.73. The summed E-state index contributed by atoms with van der Waals surface area (Å²) in [4.78, 5) is 20.0. The van der Waals surface area contributed by atoms with Crippen molar-refractivity contribution in [2.24, 2.45) is 5.41 Å². The van der Waals surface area contributed by atoms with Crippen molar-refractivity contribution in [3.63, 3.8) is 0 Å². The fourth-order valence-corrected chi connectivity index (χ4v) is 3.89. The van der Waals surface area contributed by atoms with Crippen molar-refractivity contribution in [3.8, 4) is 5.75 Å². The van der Waals surface area contributed by atoms with E-state index < -0.39 is 18.8 Å². The lowest BCUT2D eigenvalue weighted by molar-refractivity contribution is 0.0343. The third kappa shape index (κ3) is 7.75. The number of amides is 1. The zero-order chi connectivity index (χ0) is 25.8. The molecule has 1 atom stereocenters. The summed E-state index contributed by atoms with van der Waals surface area (Å²) in [5, 5.41) is 3.22. The SMILES string of the molecule is C=Cc1c(CC(COc2cnc(Cl)c(B3OCC(C)(C)CO3)c2)NC(=O)OC(C)(C)C)c[nH]c1C. The minimum absolute atomic E-state index is 0.0636. The van der Waals surface area contributed by atoms with E-state index in [9.17, 15) is 4.79 Å². The van der Waals surface area contributed by atoms with Crippen LogP contribution in [0.3, 0.4) is 0 Å². The van der Waals surface area contributed by atoms with Crippen molar-refractivity contribution in [2.45, 2.75) is 59.6 Å². The molecule has 2 aromatic rings. The van der Waals surface area contributed by atoms with E-state index in [1.807, 2.05) is 33.9 Å². The van der Waals surface area contributed by atoms with E-state index in [2.05, 4.69) is 35.7 Å². The molecule has 3 heterocycles. The van der Waals surface area contributed by atoms with Gasteiger partial charge in [0.2, 0.25) is 0 Å². The summed E-state index contributed by atoms with van der Waals surface area (Å²) < 4.78 is 23.2. The molecule has 1 saturated heterocycles. The zero-order valence-corrected chi connectivity index (χ0v) is 22.1. The Kier molecular flexibility index (Phi) is 8.56. The van der Waals surface area contributed by atoms with E-state index in [4.69, 9.17) is 30.4 Å². The Bertz CT molecular complexity index is 1040. The van der Waals surface area contributed by atoms with E-state index in [0.29, 0.717) is 36.0 Å². The highest BCUT2D eigenvalue weighted by atomic mass is 35.5. The van der Waals surface area contributed by atoms with Crippen molar-refractivity contribution >= 4 is 36.4 Å². The van der Waals surface area contributed by atoms with Gasteiger partial charge in [-0.2, -0.15) is 0 Å². The number of carbonyl (C=O) groups excluding carboxylic acids is 1. The minimum atomic E-state index is -0.615. The van der Waals surface area contributed by atoms with Gasteiger partial charge >= 0.3 is 13.2 Å². The number of hydrogen-bond donors (Lipinski definition) is 2. The molecular weight excluding hydrogens is 469 g/mol. The molecule has 0 bridgehead atoms. The molecule has 0 spiro atoms. The van der Waals surface area contributed by atoms with Crippen LogP contribution in [0.5, 0.6) is 5.75 Å². The minimum Gasteiger partial charge on any atom is -0.490 e. The monoisotopic (exact) mass is 503 g/mol. The number of halogens is 1. The Hall–Kier alpha value is -2.49. The maximum absolute atomic E-state index is 12.5. The fourth-order valence-electron chi connectivity index (χ4n) is 3.69. The Morgan fingerprint density at radius 2 is 2.09 bits per heavy atom. The number of nitrogens with zero attached hydrogens (tertiary/aromatic N) is 1. The Morgan fingerprint density at radius 3 is 2.71 bits per heavy atom. The number of H-pyrrole nitrogens is 1. The van der Waals surface area contributed by atoms with E-state index in [1.165, 1.54) is 0 Å². The Morgan fingerprint density at radius 1 is 1.40 bits per heavy atom. The first-order valence-electron chi connectivity index (χ1n) is 11.7. The van der Waals surface area contributed by atoms with Crippen molar-refractivity contribution in [1.29, 1.82) is 0 Å². The molecule has 2 aromatic heterocycles. The van der Waals surface area contributed by atoms with Crippen LogP contribution >= 0.6 is 11.6 Å². The zero-order valence-electron chi connectivity index (χ0n) is 21.4. The first-order chi connectivity index (χ1) is 16.4. The molecule has 0 radical (unpaired) electrons. The highest BCUT2D eigenvalue weighted by Crippen LogP contribution is 2.23. The van der Waals surface area contributed by atoms with Crippen molar-refractivity contribution in [2.75, 3.05) is 19.8 Å². The molecule has 1 aliphatic rings. The van der Waals surface area contributed by atoms with Gasteiger partial charge < -0.3 is 29.1 Å². The number of aromatic amines is 1. The second-order valence-electron chi connectivity index (χ2n) is 10.6. The first kappa shape index (κ1) is 27.1. The van der Waals surface area contributed by atoms with Gasteiger partial charge in [0.05, 0.1) is 12.2 Å². The maximum Gasteiger partial charge on any atom is 0.497 e. The van der Waals surface area contributed by atoms with Crippen LogP contribution in [0, 0.1) is 12.3 Å². The van der Waals surface area contributed by atoms with Crippen molar-refractivity contribution < 1.29 is 23.6 Å². The quantitative estimate of drug-likeness (QED) is 0.412. The molecule has 0 saturated carbocycles. The molecule has 1 fully saturated rings. The summed E-state index contributed by atoms with van der Waals surface area (Å²) in [6, 6.07) is 1.39. The van der Waals surface area contributed by atoms with E-state index in [1.54, 1.807) is 18.3 Å². The number of ether oxygens (including phenoxy) is 2. The summed E-state index contributed by atoms with van der Waals surface area (Å²) in [5.74, 6) is 0.492. The number of nitrogens with one attached hydrogen (secondary N) is 2. The molecule has 2 N–H and O–H groups in total. The number of aryl methyl sites for hydroxylation is 1. The number of pyridine rings is 1. The van der Waals surface area contributed by atoms with Gasteiger partial charge in [0.1, 0.15) is 23.1 Å². The van der Waals surface area contributed by atoms with Gasteiger partial charge in [-0.1, -0.05) is 38.1 Å². The maximum atomic E-state index is 12.5. The lowest BCUT2D eigenvalue weighted by Crippen LogP contribution is -2.48. The second-order valence-corrected chi connectivity index (χ2v) is 10.9. The fraction of sp³-hybridized carbons (Fsp3) is 0.520. The van der Waals surface area contributed by atoms with Crippen LogP contribution < -0.4 is 15.5 Å². The van der Waals surface area contributed by atoms with Crippen LogP contribution in [0.2, 0.25) is 5.15 Å². The van der Waals surface area contributed by atoms with Crippen molar-refractivity contribution in [3.05, 3.63) is 47.0 Å². The molecule has 0 aromatic carbocycles. The summed E-state index contributed by atoms with van der Waals surface area (Å²) in [5.41, 5.74) is 2.96. The topological polar surface area (TPSA) is 94.7 Å². The number of rotatable bonds is 8. The van der Waals surface area contributed by atoms with Gasteiger partial charge in [-0.15, -0.1) is 0 Å². The van der Waals surface area contributed by atoms with Gasteiger partial charge in [-0.05, 0) is 51.3 Å². The van der Waals surface area contributed by atoms with Crippen LogP contribution in [0.15, 0.2) is 25.0 Å². The highest BCUT2D eigenvalue weighted by molar-refractivity contribution is 6.64. The molecule has 190 valence electrons. The average Bonchev–Trinajstić information content (AvgIpc) is 3.10. The molecule has 35 heavy (non-hydrogen) atoms. The largest absolute Gasteiger partial charge is 0.497 e. The number of carbonyl (C=O) groups is 1. The predicted molar refractivity (Wildman–Crippen MR) is 138 cm³/mol. The normalized spacial score (nSPS) is 16.5. The van der Waals surface area contributed by atoms with Gasteiger partial charge in [0.15, 0.2) is 0 Å². The standard InChI is InChI=1S/C25H35BClN3O5/c1-8-20-16(2)28-11-17(20)9-18(30-23(31)35-24(3,4)5)13-32-19-10-21(22(27)29-12-19)26-33-14-25(6,7)15-34-26/h8,10-12,18,28H,1,9,13-15H2,2-7H3,(H,30,31). The summed E-state index contributed by atoms with van der Waals surface area (Å²) >= 11 is 6.32. The van der Waals surface area contributed by atoms with Crippen molar-refractivity contribution in [1.82, 2.24) is 15.3 Å². The molecule has 8 nitrogen and oxygen atoms in total. The summed E-state index contributed by atoms with van der Waals surface area (Å²) in [7, 11) is -0.611. The number of aromatic nitrogens is 2. The highest BCUT2D eigenvalue weighted by Gasteiger charge is 2.35. The average molecular weight is 504 g/mol. The molecule has 3 rings (SSSR count). The van der Waals surface area contributed by atoms with Crippen LogP contribution in [0.4, 0.5) is 4.79 Å². The third-order valence-corrected chi connectivity index (χ3v) is 5.72. The summed E-state index contributed by atoms with van der Waals surface area (Å²) in [6.45, 7) is 16.8.